The second-order valence-corrected chi connectivity index (χ2v) is 6.74. The van der Waals surface area contributed by atoms with Crippen LogP contribution in [0.1, 0.15) is 44.9 Å². The average molecular weight is 305 g/mol. The number of hydrogen-bond donors (Lipinski definition) is 0. The number of rotatable bonds is 6. The van der Waals surface area contributed by atoms with Crippen molar-refractivity contribution in [3.05, 3.63) is 12.2 Å². The second-order valence-electron chi connectivity index (χ2n) is 6.74. The van der Waals surface area contributed by atoms with Gasteiger partial charge in [0.25, 0.3) is 0 Å². The Kier molecular flexibility index (Phi) is 4.76. The van der Waals surface area contributed by atoms with Gasteiger partial charge < -0.3 is 4.90 Å². The molecule has 1 unspecified atom stereocenters. The smallest absolute Gasteiger partial charge is 0.223 e. The molecule has 0 N–H and O–H groups in total. The Labute approximate surface area is 132 Å². The highest BCUT2D eigenvalue weighted by atomic mass is 16.2. The van der Waals surface area contributed by atoms with Gasteiger partial charge in [0.2, 0.25) is 5.91 Å². The second kappa shape index (κ2) is 6.77. The van der Waals surface area contributed by atoms with E-state index in [0.717, 1.165) is 32.0 Å². The van der Waals surface area contributed by atoms with Gasteiger partial charge in [-0.1, -0.05) is 12.8 Å². The molecule has 1 aromatic rings. The van der Waals surface area contributed by atoms with Gasteiger partial charge >= 0.3 is 0 Å². The lowest BCUT2D eigenvalue weighted by molar-refractivity contribution is -0.129. The number of carbonyl (C=O) groups is 1. The maximum atomic E-state index is 12.3. The van der Waals surface area contributed by atoms with Crippen molar-refractivity contribution in [1.82, 2.24) is 24.6 Å². The van der Waals surface area contributed by atoms with Gasteiger partial charge in [0.1, 0.15) is 12.2 Å². The van der Waals surface area contributed by atoms with Crippen LogP contribution in [0.5, 0.6) is 0 Å². The summed E-state index contributed by atoms with van der Waals surface area (Å²) >= 11 is 0. The fraction of sp³-hybridized carbons (Fsp3) is 0.812. The quantitative estimate of drug-likeness (QED) is 0.799. The lowest BCUT2D eigenvalue weighted by Gasteiger charge is -2.25. The van der Waals surface area contributed by atoms with E-state index in [2.05, 4.69) is 33.9 Å². The van der Waals surface area contributed by atoms with Gasteiger partial charge in [-0.15, -0.1) is 0 Å². The van der Waals surface area contributed by atoms with Crippen LogP contribution < -0.4 is 0 Å². The fourth-order valence-corrected chi connectivity index (χ4v) is 3.92. The van der Waals surface area contributed by atoms with E-state index in [1.807, 2.05) is 4.68 Å². The van der Waals surface area contributed by atoms with Crippen molar-refractivity contribution in [2.24, 2.45) is 5.92 Å². The van der Waals surface area contributed by atoms with E-state index in [9.17, 15) is 4.79 Å². The molecule has 0 aromatic carbocycles. The third-order valence-corrected chi connectivity index (χ3v) is 4.98. The molecular weight excluding hydrogens is 278 g/mol. The number of nitrogens with zero attached hydrogens (tertiary/aromatic N) is 5. The molecule has 1 saturated carbocycles. The van der Waals surface area contributed by atoms with Gasteiger partial charge in [0, 0.05) is 32.1 Å². The molecule has 2 heterocycles. The first-order chi connectivity index (χ1) is 10.7. The van der Waals surface area contributed by atoms with E-state index in [1.165, 1.54) is 25.7 Å². The molecule has 1 amide bonds. The summed E-state index contributed by atoms with van der Waals surface area (Å²) in [5, 5.41) is 4.21. The Hall–Kier alpha value is -1.43. The summed E-state index contributed by atoms with van der Waals surface area (Å²) in [6, 6.07) is 0.519. The monoisotopic (exact) mass is 305 g/mol. The van der Waals surface area contributed by atoms with Gasteiger partial charge in [-0.2, -0.15) is 5.10 Å². The van der Waals surface area contributed by atoms with Crippen molar-refractivity contribution in [1.29, 1.82) is 0 Å². The van der Waals surface area contributed by atoms with Crippen molar-refractivity contribution < 1.29 is 4.79 Å². The Bertz CT molecular complexity index is 508. The summed E-state index contributed by atoms with van der Waals surface area (Å²) in [5.74, 6) is 1.82. The number of hydrogen-bond acceptors (Lipinski definition) is 4. The summed E-state index contributed by atoms with van der Waals surface area (Å²) in [6.45, 7) is 5.61. The van der Waals surface area contributed by atoms with Gasteiger partial charge in [-0.3, -0.25) is 9.69 Å². The van der Waals surface area contributed by atoms with Crippen LogP contribution in [-0.4, -0.2) is 56.7 Å². The van der Waals surface area contributed by atoms with Crippen LogP contribution in [0.2, 0.25) is 0 Å². The highest BCUT2D eigenvalue weighted by molar-refractivity contribution is 5.79. The van der Waals surface area contributed by atoms with Crippen LogP contribution in [0.15, 0.2) is 6.33 Å². The predicted molar refractivity (Wildman–Crippen MR) is 84.1 cm³/mol. The van der Waals surface area contributed by atoms with Crippen LogP contribution in [0.4, 0.5) is 0 Å². The standard InChI is InChI=1S/C16H27N5O/c1-3-21-15(17-12-18-21)11-19(2)9-13-8-16(22)20(10-13)14-6-4-5-7-14/h12-14H,3-11H2,1-2H3. The van der Waals surface area contributed by atoms with E-state index in [4.69, 9.17) is 0 Å². The van der Waals surface area contributed by atoms with E-state index in [-0.39, 0.29) is 0 Å². The minimum atomic E-state index is 0.363. The van der Waals surface area contributed by atoms with Crippen LogP contribution in [-0.2, 0) is 17.9 Å². The third-order valence-electron chi connectivity index (χ3n) is 4.98. The molecule has 6 nitrogen and oxygen atoms in total. The van der Waals surface area contributed by atoms with Gasteiger partial charge in [0.05, 0.1) is 6.54 Å². The van der Waals surface area contributed by atoms with E-state index in [0.29, 0.717) is 24.3 Å². The fourth-order valence-electron chi connectivity index (χ4n) is 3.92. The molecule has 1 aliphatic heterocycles. The molecule has 0 radical (unpaired) electrons. The van der Waals surface area contributed by atoms with E-state index < -0.39 is 0 Å². The normalized spacial score (nSPS) is 23.1. The van der Waals surface area contributed by atoms with Crippen LogP contribution in [0.25, 0.3) is 0 Å². The lowest BCUT2D eigenvalue weighted by atomic mass is 10.1. The number of aryl methyl sites for hydroxylation is 1. The predicted octanol–water partition coefficient (Wildman–Crippen LogP) is 1.52. The molecular formula is C16H27N5O. The van der Waals surface area contributed by atoms with Gasteiger partial charge in [0.15, 0.2) is 0 Å². The number of aromatic nitrogens is 3. The van der Waals surface area contributed by atoms with Crippen LogP contribution >= 0.6 is 0 Å². The molecule has 2 aliphatic rings. The van der Waals surface area contributed by atoms with Crippen LogP contribution in [0, 0.1) is 5.92 Å². The minimum absolute atomic E-state index is 0.363. The zero-order valence-corrected chi connectivity index (χ0v) is 13.7. The Morgan fingerprint density at radius 2 is 2.14 bits per heavy atom. The topological polar surface area (TPSA) is 54.3 Å². The highest BCUT2D eigenvalue weighted by Gasteiger charge is 2.35. The molecule has 122 valence electrons. The van der Waals surface area contributed by atoms with E-state index >= 15 is 0 Å². The molecule has 2 fully saturated rings. The number of carbonyl (C=O) groups excluding carboxylic acids is 1. The maximum Gasteiger partial charge on any atom is 0.223 e. The van der Waals surface area contributed by atoms with Crippen molar-refractivity contribution in [3.8, 4) is 0 Å². The summed E-state index contributed by atoms with van der Waals surface area (Å²) in [7, 11) is 2.11. The average Bonchev–Trinajstić information content (AvgIpc) is 3.19. The summed E-state index contributed by atoms with van der Waals surface area (Å²) in [5.41, 5.74) is 0. The first-order valence-electron chi connectivity index (χ1n) is 8.52. The molecule has 1 aliphatic carbocycles. The van der Waals surface area contributed by atoms with Crippen LogP contribution in [0.3, 0.4) is 0 Å². The molecule has 0 bridgehead atoms. The third kappa shape index (κ3) is 3.32. The Morgan fingerprint density at radius 3 is 2.86 bits per heavy atom. The first-order valence-corrected chi connectivity index (χ1v) is 8.52. The minimum Gasteiger partial charge on any atom is -0.339 e. The molecule has 22 heavy (non-hydrogen) atoms. The van der Waals surface area contributed by atoms with Crippen molar-refractivity contribution in [2.45, 2.75) is 58.2 Å². The summed E-state index contributed by atoms with van der Waals surface area (Å²) < 4.78 is 1.93. The first kappa shape index (κ1) is 15.5. The summed E-state index contributed by atoms with van der Waals surface area (Å²) in [6.07, 6.45) is 7.30. The van der Waals surface area contributed by atoms with Crippen molar-refractivity contribution in [3.63, 3.8) is 0 Å². The number of amides is 1. The zero-order valence-electron chi connectivity index (χ0n) is 13.7. The largest absolute Gasteiger partial charge is 0.339 e. The van der Waals surface area contributed by atoms with Crippen molar-refractivity contribution in [2.75, 3.05) is 20.1 Å². The van der Waals surface area contributed by atoms with Crippen molar-refractivity contribution >= 4 is 5.91 Å². The Morgan fingerprint density at radius 1 is 1.36 bits per heavy atom. The van der Waals surface area contributed by atoms with Gasteiger partial charge in [-0.05, 0) is 32.7 Å². The maximum absolute atomic E-state index is 12.3. The van der Waals surface area contributed by atoms with Gasteiger partial charge in [-0.25, -0.2) is 9.67 Å². The molecule has 1 atom stereocenters. The van der Waals surface area contributed by atoms with E-state index in [1.54, 1.807) is 6.33 Å². The molecule has 0 spiro atoms. The highest BCUT2D eigenvalue weighted by Crippen LogP contribution is 2.29. The Balaban J connectivity index is 1.51. The molecule has 6 heteroatoms. The number of likely N-dealkylation sites (tertiary alicyclic amines) is 1. The zero-order chi connectivity index (χ0) is 15.5. The molecule has 3 rings (SSSR count). The SMILES string of the molecule is CCn1ncnc1CN(C)CC1CC(=O)N(C2CCCC2)C1. The molecule has 1 saturated heterocycles. The summed E-state index contributed by atoms with van der Waals surface area (Å²) in [4.78, 5) is 21.0. The lowest BCUT2D eigenvalue weighted by Crippen LogP contribution is -2.35. The molecule has 1 aromatic heterocycles.